The van der Waals surface area contributed by atoms with Gasteiger partial charge in [-0.1, -0.05) is 30.3 Å². The maximum Gasteiger partial charge on any atom is 0.0896 e. The molecule has 0 spiro atoms. The summed E-state index contributed by atoms with van der Waals surface area (Å²) in [6, 6.07) is 17.3. The third kappa shape index (κ3) is 3.06. The Hall–Kier alpha value is -1.77. The number of nitrogens with zero attached hydrogens (tertiary/aromatic N) is 3. The van der Waals surface area contributed by atoms with Crippen molar-refractivity contribution in [2.75, 3.05) is 28.2 Å². The summed E-state index contributed by atoms with van der Waals surface area (Å²) >= 11 is 0. The number of rotatable bonds is 4. The van der Waals surface area contributed by atoms with Crippen molar-refractivity contribution in [2.24, 2.45) is 5.73 Å². The number of likely N-dealkylation sites (tertiary alicyclic amines) is 1. The van der Waals surface area contributed by atoms with Gasteiger partial charge in [-0.15, -0.1) is 0 Å². The normalized spacial score (nSPS) is 23.7. The van der Waals surface area contributed by atoms with Crippen molar-refractivity contribution in [3.63, 3.8) is 0 Å². The molecule has 1 atom stereocenters. The van der Waals surface area contributed by atoms with Crippen molar-refractivity contribution in [1.29, 1.82) is 0 Å². The molecule has 0 aromatic heterocycles. The second kappa shape index (κ2) is 7.09. The van der Waals surface area contributed by atoms with Gasteiger partial charge in [0.1, 0.15) is 0 Å². The van der Waals surface area contributed by atoms with E-state index >= 15 is 0 Å². The first-order valence-corrected chi connectivity index (χ1v) is 10.5. The van der Waals surface area contributed by atoms with Gasteiger partial charge in [0.15, 0.2) is 0 Å². The molecular weight excluding hydrogens is 348 g/mol. The van der Waals surface area contributed by atoms with E-state index in [1.54, 1.807) is 8.61 Å². The van der Waals surface area contributed by atoms with Crippen molar-refractivity contribution >= 4 is 28.0 Å². The average Bonchev–Trinajstić information content (AvgIpc) is 2.88. The molecule has 2 aromatic rings. The van der Waals surface area contributed by atoms with E-state index in [0.717, 1.165) is 36.4 Å². The predicted molar refractivity (Wildman–Crippen MR) is 109 cm³/mol. The van der Waals surface area contributed by atoms with Gasteiger partial charge in [-0.2, -0.15) is 0 Å². The van der Waals surface area contributed by atoms with Crippen LogP contribution in [0, 0.1) is 0 Å². The first kappa shape index (κ1) is 17.6. The zero-order valence-corrected chi connectivity index (χ0v) is 15.6. The molecule has 6 nitrogen and oxygen atoms in total. The monoisotopic (exact) mass is 374 g/mol. The minimum atomic E-state index is -3.16. The quantitative estimate of drug-likeness (QED) is 0.751. The van der Waals surface area contributed by atoms with Crippen molar-refractivity contribution < 1.29 is 9.11 Å². The third-order valence-corrected chi connectivity index (χ3v) is 7.02. The van der Waals surface area contributed by atoms with Crippen LogP contribution in [0.25, 0.3) is 0 Å². The van der Waals surface area contributed by atoms with Crippen molar-refractivity contribution in [3.05, 3.63) is 54.6 Å². The summed E-state index contributed by atoms with van der Waals surface area (Å²) in [5.74, 6) is 0. The Morgan fingerprint density at radius 1 is 0.923 bits per heavy atom. The van der Waals surface area contributed by atoms with E-state index in [2.05, 4.69) is 4.90 Å². The van der Waals surface area contributed by atoms with Gasteiger partial charge in [0.25, 0.3) is 0 Å². The fourth-order valence-electron chi connectivity index (χ4n) is 3.81. The molecule has 0 amide bonds. The number of fused-ring (bicyclic) bond motifs is 1. The Kier molecular flexibility index (Phi) is 4.81. The maximum atomic E-state index is 11.1. The van der Waals surface area contributed by atoms with E-state index < -0.39 is 11.0 Å². The van der Waals surface area contributed by atoms with Crippen LogP contribution in [0.15, 0.2) is 54.6 Å². The zero-order chi connectivity index (χ0) is 18.1. The van der Waals surface area contributed by atoms with Gasteiger partial charge in [-0.25, -0.2) is 4.31 Å². The molecule has 140 valence electrons. The number of anilines is 3. The topological polar surface area (TPSA) is 76.2 Å². The lowest BCUT2D eigenvalue weighted by molar-refractivity contribution is 0.157. The largest absolute Gasteiger partial charge is 0.316 e. The van der Waals surface area contributed by atoms with Crippen molar-refractivity contribution in [1.82, 2.24) is 4.90 Å². The van der Waals surface area contributed by atoms with Crippen LogP contribution in [0.5, 0.6) is 0 Å². The fourth-order valence-corrected chi connectivity index (χ4v) is 5.57. The summed E-state index contributed by atoms with van der Waals surface area (Å²) < 4.78 is 25.6. The molecule has 1 fully saturated rings. The minimum absolute atomic E-state index is 0.0635. The zero-order valence-electron chi connectivity index (χ0n) is 14.7. The summed E-state index contributed by atoms with van der Waals surface area (Å²) in [5, 5.41) is 0. The summed E-state index contributed by atoms with van der Waals surface area (Å²) in [6.45, 7) is 2.21. The minimum Gasteiger partial charge on any atom is -0.316 e. The van der Waals surface area contributed by atoms with Gasteiger partial charge in [-0.3, -0.25) is 18.3 Å². The lowest BCUT2D eigenvalue weighted by Gasteiger charge is -2.44. The first-order chi connectivity index (χ1) is 12.6. The average molecular weight is 375 g/mol. The predicted octanol–water partition coefficient (Wildman–Crippen LogP) is 4.00. The maximum absolute atomic E-state index is 11.1. The van der Waals surface area contributed by atoms with Crippen LogP contribution in [0.2, 0.25) is 0 Å². The SMILES string of the molecule is NC1CCCCN1CCN1c2ccccc2N(c2ccccc2)S1(O)O. The van der Waals surface area contributed by atoms with Crippen LogP contribution < -0.4 is 14.3 Å². The standard InChI is InChI=1S/C19H26N4O2S/c20-19-12-6-7-13-21(19)14-15-22-17-10-4-5-11-18(17)23(26(22,24)25)16-8-2-1-3-9-16/h1-5,8-11,19,24-25H,6-7,12-15,20H2. The van der Waals surface area contributed by atoms with Crippen LogP contribution in [0.4, 0.5) is 17.1 Å². The summed E-state index contributed by atoms with van der Waals surface area (Å²) in [6.07, 6.45) is 3.38. The molecule has 2 aromatic carbocycles. The lowest BCUT2D eigenvalue weighted by Crippen LogP contribution is -2.48. The van der Waals surface area contributed by atoms with Crippen LogP contribution in [-0.2, 0) is 0 Å². The van der Waals surface area contributed by atoms with Gasteiger partial charge < -0.3 is 5.73 Å². The molecule has 7 heteroatoms. The highest BCUT2D eigenvalue weighted by atomic mass is 32.3. The van der Waals surface area contributed by atoms with Crippen LogP contribution in [-0.4, -0.2) is 39.8 Å². The van der Waals surface area contributed by atoms with Gasteiger partial charge >= 0.3 is 0 Å². The molecule has 2 heterocycles. The van der Waals surface area contributed by atoms with E-state index in [9.17, 15) is 9.11 Å². The van der Waals surface area contributed by atoms with E-state index in [4.69, 9.17) is 5.73 Å². The second-order valence-electron chi connectivity index (χ2n) is 6.81. The molecular formula is C19H26N4O2S. The molecule has 4 rings (SSSR count). The number of hydrogen-bond acceptors (Lipinski definition) is 6. The Balaban J connectivity index is 1.62. The van der Waals surface area contributed by atoms with Gasteiger partial charge in [-0.05, 0) is 61.0 Å². The van der Waals surface area contributed by atoms with E-state index in [1.807, 2.05) is 54.6 Å². The van der Waals surface area contributed by atoms with Gasteiger partial charge in [0.2, 0.25) is 0 Å². The molecule has 4 N–H and O–H groups in total. The Morgan fingerprint density at radius 3 is 2.35 bits per heavy atom. The molecule has 26 heavy (non-hydrogen) atoms. The Morgan fingerprint density at radius 2 is 1.62 bits per heavy atom. The Bertz CT molecular complexity index is 758. The van der Waals surface area contributed by atoms with Crippen molar-refractivity contribution in [3.8, 4) is 0 Å². The van der Waals surface area contributed by atoms with Crippen LogP contribution in [0.3, 0.4) is 0 Å². The molecule has 2 aliphatic rings. The van der Waals surface area contributed by atoms with E-state index in [-0.39, 0.29) is 6.17 Å². The van der Waals surface area contributed by atoms with Gasteiger partial charge in [0, 0.05) is 6.54 Å². The lowest BCUT2D eigenvalue weighted by atomic mass is 10.1. The summed E-state index contributed by atoms with van der Waals surface area (Å²) in [7, 11) is -3.16. The molecule has 0 aliphatic carbocycles. The molecule has 1 saturated heterocycles. The number of hydrogen-bond donors (Lipinski definition) is 3. The fraction of sp³-hybridized carbons (Fsp3) is 0.368. The molecule has 0 radical (unpaired) electrons. The smallest absolute Gasteiger partial charge is 0.0896 e. The highest BCUT2D eigenvalue weighted by molar-refractivity contribution is 8.27. The first-order valence-electron chi connectivity index (χ1n) is 9.09. The molecule has 0 bridgehead atoms. The number of benzene rings is 2. The third-order valence-electron chi connectivity index (χ3n) is 5.16. The Labute approximate surface area is 156 Å². The van der Waals surface area contributed by atoms with E-state index in [0.29, 0.717) is 13.1 Å². The molecule has 2 aliphatic heterocycles. The van der Waals surface area contributed by atoms with Crippen LogP contribution >= 0.6 is 11.0 Å². The number of nitrogens with two attached hydrogens (primary N) is 1. The van der Waals surface area contributed by atoms with E-state index in [1.165, 1.54) is 6.42 Å². The number of para-hydroxylation sites is 3. The highest BCUT2D eigenvalue weighted by Crippen LogP contribution is 2.63. The second-order valence-corrected chi connectivity index (χ2v) is 8.60. The highest BCUT2D eigenvalue weighted by Gasteiger charge is 2.41. The summed E-state index contributed by atoms with van der Waals surface area (Å²) in [4.78, 5) is 2.24. The summed E-state index contributed by atoms with van der Waals surface area (Å²) in [5.41, 5.74) is 8.67. The molecule has 0 saturated carbocycles. The van der Waals surface area contributed by atoms with Crippen molar-refractivity contribution in [2.45, 2.75) is 25.4 Å². The molecule has 1 unspecified atom stereocenters. The van der Waals surface area contributed by atoms with Crippen LogP contribution in [0.1, 0.15) is 19.3 Å². The number of piperidine rings is 1. The van der Waals surface area contributed by atoms with Gasteiger partial charge in [0.05, 0.1) is 29.8 Å².